The molecule has 0 bridgehead atoms. The molecule has 5 rings (SSSR count). The Hall–Kier alpha value is -3.13. The molecule has 0 saturated heterocycles. The Morgan fingerprint density at radius 1 is 1.25 bits per heavy atom. The number of ether oxygens (including phenoxy) is 1. The second-order valence-corrected chi connectivity index (χ2v) is 7.69. The molecule has 7 nitrogen and oxygen atoms in total. The van der Waals surface area contributed by atoms with Crippen LogP contribution in [0.4, 0.5) is 4.39 Å². The molecule has 0 saturated carbocycles. The summed E-state index contributed by atoms with van der Waals surface area (Å²) in [5.41, 5.74) is 5.42. The fraction of sp³-hybridized carbons (Fsp3) is 0.300. The zero-order valence-electron chi connectivity index (χ0n) is 15.8. The lowest BCUT2D eigenvalue weighted by molar-refractivity contribution is 0.0137. The van der Waals surface area contributed by atoms with Crippen LogP contribution in [0.1, 0.15) is 25.2 Å². The smallest absolute Gasteiger partial charge is 0.155 e. The van der Waals surface area contributed by atoms with Crippen molar-refractivity contribution < 1.29 is 9.13 Å². The van der Waals surface area contributed by atoms with Crippen LogP contribution >= 0.6 is 0 Å². The van der Waals surface area contributed by atoms with Gasteiger partial charge in [0.05, 0.1) is 42.5 Å². The third-order valence-electron chi connectivity index (χ3n) is 5.04. The zero-order chi connectivity index (χ0) is 19.5. The summed E-state index contributed by atoms with van der Waals surface area (Å²) in [6, 6.07) is 5.07. The number of hydrogen-bond donors (Lipinski definition) is 1. The van der Waals surface area contributed by atoms with Gasteiger partial charge < -0.3 is 4.74 Å². The number of aromatic nitrogens is 6. The highest BCUT2D eigenvalue weighted by Gasteiger charge is 2.34. The van der Waals surface area contributed by atoms with E-state index in [1.54, 1.807) is 12.3 Å². The first-order chi connectivity index (χ1) is 13.4. The van der Waals surface area contributed by atoms with E-state index in [9.17, 15) is 4.39 Å². The Labute approximate surface area is 160 Å². The number of aryl methyl sites for hydroxylation is 1. The summed E-state index contributed by atoms with van der Waals surface area (Å²) in [6.07, 6.45) is 2.97. The van der Waals surface area contributed by atoms with Crippen LogP contribution in [0, 0.1) is 12.7 Å². The summed E-state index contributed by atoms with van der Waals surface area (Å²) in [6.45, 7) is 7.11. The minimum atomic E-state index is -0.380. The molecule has 0 atom stereocenters. The minimum Gasteiger partial charge on any atom is -0.373 e. The van der Waals surface area contributed by atoms with Gasteiger partial charge in [0.15, 0.2) is 5.65 Å². The molecule has 0 radical (unpaired) electrons. The summed E-state index contributed by atoms with van der Waals surface area (Å²) in [7, 11) is 0. The molecule has 4 aromatic heterocycles. The maximum absolute atomic E-state index is 13.5. The van der Waals surface area contributed by atoms with Gasteiger partial charge in [0.25, 0.3) is 0 Å². The highest BCUT2D eigenvalue weighted by atomic mass is 19.1. The fourth-order valence-electron chi connectivity index (χ4n) is 3.79. The first kappa shape index (κ1) is 17.0. The van der Waals surface area contributed by atoms with Crippen molar-refractivity contribution in [1.29, 1.82) is 0 Å². The number of halogens is 1. The quantitative estimate of drug-likeness (QED) is 0.576. The molecule has 1 aliphatic rings. The Balaban J connectivity index is 1.86. The zero-order valence-corrected chi connectivity index (χ0v) is 15.8. The van der Waals surface area contributed by atoms with Crippen LogP contribution in [-0.2, 0) is 16.9 Å². The Bertz CT molecular complexity index is 1190. The Morgan fingerprint density at radius 3 is 2.89 bits per heavy atom. The minimum absolute atomic E-state index is 0.307. The van der Waals surface area contributed by atoms with Gasteiger partial charge in [0.1, 0.15) is 11.5 Å². The topological polar surface area (TPSA) is 81.5 Å². The summed E-state index contributed by atoms with van der Waals surface area (Å²) in [5.74, 6) is -0.380. The molecule has 142 valence electrons. The monoisotopic (exact) mass is 378 g/mol. The predicted molar refractivity (Wildman–Crippen MR) is 102 cm³/mol. The van der Waals surface area contributed by atoms with Crippen molar-refractivity contribution in [3.8, 4) is 22.5 Å². The van der Waals surface area contributed by atoms with Crippen molar-refractivity contribution in [2.24, 2.45) is 0 Å². The summed E-state index contributed by atoms with van der Waals surface area (Å²) in [5, 5.41) is 12.9. The predicted octanol–water partition coefficient (Wildman–Crippen LogP) is 3.60. The molecule has 28 heavy (non-hydrogen) atoms. The summed E-state index contributed by atoms with van der Waals surface area (Å²) >= 11 is 0. The first-order valence-corrected chi connectivity index (χ1v) is 9.07. The van der Waals surface area contributed by atoms with E-state index in [1.165, 1.54) is 12.3 Å². The van der Waals surface area contributed by atoms with E-state index < -0.39 is 0 Å². The van der Waals surface area contributed by atoms with Crippen molar-refractivity contribution in [1.82, 2.24) is 29.9 Å². The molecular formula is C20H19FN6O. The lowest BCUT2D eigenvalue weighted by atomic mass is 9.97. The number of fused-ring (bicyclic) bond motifs is 2. The molecule has 8 heteroatoms. The number of pyridine rings is 2. The second kappa shape index (κ2) is 5.93. The van der Waals surface area contributed by atoms with Crippen molar-refractivity contribution in [2.75, 3.05) is 6.61 Å². The number of H-pyrrole nitrogens is 1. The standard InChI is InChI=1S/C20H19FN6O/c1-11-6-13(14-8-23-25-19(14)24-11)17-16-9-28-10-20(2,3)27(16)26-18(17)15-5-4-12(21)7-22-15/h4-8H,9-10H2,1-3H3,(H,23,24,25). The fourth-order valence-corrected chi connectivity index (χ4v) is 3.79. The number of rotatable bonds is 2. The molecule has 1 N–H and O–H groups in total. The van der Waals surface area contributed by atoms with Gasteiger partial charge in [0.2, 0.25) is 0 Å². The SMILES string of the molecule is Cc1cc(-c2c(-c3ccc(F)cn3)nn3c2COCC3(C)C)c2cn[nH]c2n1. The molecule has 0 amide bonds. The van der Waals surface area contributed by atoms with Gasteiger partial charge in [0, 0.05) is 22.2 Å². The van der Waals surface area contributed by atoms with E-state index in [-0.39, 0.29) is 11.4 Å². The van der Waals surface area contributed by atoms with E-state index in [1.807, 2.05) is 17.7 Å². The average molecular weight is 378 g/mol. The second-order valence-electron chi connectivity index (χ2n) is 7.69. The van der Waals surface area contributed by atoms with Crippen LogP contribution in [0.2, 0.25) is 0 Å². The molecule has 0 aromatic carbocycles. The van der Waals surface area contributed by atoms with Crippen LogP contribution in [0.5, 0.6) is 0 Å². The lowest BCUT2D eigenvalue weighted by Crippen LogP contribution is -2.38. The molecule has 0 unspecified atom stereocenters. The van der Waals surface area contributed by atoms with E-state index in [0.29, 0.717) is 30.2 Å². The largest absolute Gasteiger partial charge is 0.373 e. The maximum atomic E-state index is 13.5. The highest BCUT2D eigenvalue weighted by Crippen LogP contribution is 2.41. The maximum Gasteiger partial charge on any atom is 0.155 e. The molecular weight excluding hydrogens is 359 g/mol. The third-order valence-corrected chi connectivity index (χ3v) is 5.04. The summed E-state index contributed by atoms with van der Waals surface area (Å²) in [4.78, 5) is 8.80. The van der Waals surface area contributed by atoms with Crippen molar-refractivity contribution in [3.05, 3.63) is 47.8 Å². The van der Waals surface area contributed by atoms with Crippen LogP contribution < -0.4 is 0 Å². The normalized spacial score (nSPS) is 15.7. The van der Waals surface area contributed by atoms with Crippen molar-refractivity contribution >= 4 is 11.0 Å². The summed E-state index contributed by atoms with van der Waals surface area (Å²) < 4.78 is 21.4. The van der Waals surface area contributed by atoms with Crippen LogP contribution in [0.15, 0.2) is 30.6 Å². The molecule has 4 aromatic rings. The van der Waals surface area contributed by atoms with Gasteiger partial charge in [-0.1, -0.05) is 0 Å². The van der Waals surface area contributed by atoms with E-state index in [2.05, 4.69) is 34.0 Å². The number of nitrogens with zero attached hydrogens (tertiary/aromatic N) is 5. The molecule has 0 spiro atoms. The van der Waals surface area contributed by atoms with Gasteiger partial charge in [-0.05, 0) is 39.0 Å². The van der Waals surface area contributed by atoms with Gasteiger partial charge >= 0.3 is 0 Å². The van der Waals surface area contributed by atoms with Crippen molar-refractivity contribution in [3.63, 3.8) is 0 Å². The average Bonchev–Trinajstić information content (AvgIpc) is 3.26. The third kappa shape index (κ3) is 2.52. The van der Waals surface area contributed by atoms with E-state index in [4.69, 9.17) is 9.84 Å². The molecule has 5 heterocycles. The van der Waals surface area contributed by atoms with Crippen LogP contribution in [0.3, 0.4) is 0 Å². The Kier molecular flexibility index (Phi) is 3.60. The molecule has 1 aliphatic heterocycles. The molecule has 0 aliphatic carbocycles. The van der Waals surface area contributed by atoms with Gasteiger partial charge in [-0.15, -0.1) is 0 Å². The lowest BCUT2D eigenvalue weighted by Gasteiger charge is -2.32. The van der Waals surface area contributed by atoms with E-state index >= 15 is 0 Å². The van der Waals surface area contributed by atoms with Gasteiger partial charge in [-0.2, -0.15) is 10.2 Å². The van der Waals surface area contributed by atoms with Gasteiger partial charge in [-0.25, -0.2) is 9.37 Å². The molecule has 0 fully saturated rings. The number of nitrogens with one attached hydrogen (secondary N) is 1. The van der Waals surface area contributed by atoms with Crippen molar-refractivity contribution in [2.45, 2.75) is 32.9 Å². The number of aromatic amines is 1. The highest BCUT2D eigenvalue weighted by molar-refractivity contribution is 5.97. The Morgan fingerprint density at radius 2 is 2.11 bits per heavy atom. The van der Waals surface area contributed by atoms with Crippen LogP contribution in [-0.4, -0.2) is 36.6 Å². The number of hydrogen-bond acceptors (Lipinski definition) is 5. The first-order valence-electron chi connectivity index (χ1n) is 9.07. The van der Waals surface area contributed by atoms with E-state index in [0.717, 1.165) is 27.9 Å². The van der Waals surface area contributed by atoms with Gasteiger partial charge in [-0.3, -0.25) is 14.8 Å². The van der Waals surface area contributed by atoms with Crippen LogP contribution in [0.25, 0.3) is 33.5 Å².